The maximum atomic E-state index is 12.7. The van der Waals surface area contributed by atoms with E-state index < -0.39 is 10.0 Å². The van der Waals surface area contributed by atoms with Gasteiger partial charge in [0.15, 0.2) is 0 Å². The number of aryl methyl sites for hydroxylation is 1. The third-order valence-electron chi connectivity index (χ3n) is 3.71. The molecule has 0 bridgehead atoms. The minimum absolute atomic E-state index is 0. The van der Waals surface area contributed by atoms with Gasteiger partial charge < -0.3 is 11.1 Å². The molecule has 0 aromatic heterocycles. The standard InChI is InChI=1S/C18H22ClN3O3S.ClH/c1-12-7-9-14(21-18(23)10-8-13(2)20)11-17(12)26(24,25)22-16-6-4-3-5-15(16)19;/h3-7,9,11,13,22H,8,10,20H2,1-2H3,(H,21,23);1H. The van der Waals surface area contributed by atoms with Gasteiger partial charge in [-0.2, -0.15) is 0 Å². The van der Waals surface area contributed by atoms with Crippen molar-refractivity contribution in [2.75, 3.05) is 10.0 Å². The normalized spacial score (nSPS) is 12.0. The van der Waals surface area contributed by atoms with Crippen LogP contribution in [-0.2, 0) is 14.8 Å². The van der Waals surface area contributed by atoms with Gasteiger partial charge in [0, 0.05) is 18.2 Å². The van der Waals surface area contributed by atoms with E-state index in [1.165, 1.54) is 6.07 Å². The number of carbonyl (C=O) groups excluding carboxylic acids is 1. The van der Waals surface area contributed by atoms with E-state index >= 15 is 0 Å². The molecule has 0 aliphatic carbocycles. The minimum atomic E-state index is -3.86. The van der Waals surface area contributed by atoms with Crippen LogP contribution in [0.4, 0.5) is 11.4 Å². The zero-order valence-electron chi connectivity index (χ0n) is 15.0. The fourth-order valence-electron chi connectivity index (χ4n) is 2.29. The number of benzene rings is 2. The molecule has 27 heavy (non-hydrogen) atoms. The van der Waals surface area contributed by atoms with E-state index in [-0.39, 0.29) is 35.7 Å². The van der Waals surface area contributed by atoms with Crippen molar-refractivity contribution in [1.82, 2.24) is 0 Å². The molecule has 1 amide bonds. The molecule has 148 valence electrons. The summed E-state index contributed by atoms with van der Waals surface area (Å²) in [6, 6.07) is 11.2. The van der Waals surface area contributed by atoms with Crippen LogP contribution >= 0.6 is 24.0 Å². The number of rotatable bonds is 7. The van der Waals surface area contributed by atoms with E-state index in [9.17, 15) is 13.2 Å². The number of carbonyl (C=O) groups is 1. The maximum absolute atomic E-state index is 12.7. The van der Waals surface area contributed by atoms with Gasteiger partial charge in [0.25, 0.3) is 10.0 Å². The summed E-state index contributed by atoms with van der Waals surface area (Å²) >= 11 is 6.02. The van der Waals surface area contributed by atoms with E-state index in [1.54, 1.807) is 43.3 Å². The summed E-state index contributed by atoms with van der Waals surface area (Å²) in [5.74, 6) is -0.214. The van der Waals surface area contributed by atoms with E-state index in [2.05, 4.69) is 10.0 Å². The Kier molecular flexibility index (Phi) is 8.56. The lowest BCUT2D eigenvalue weighted by atomic mass is 10.2. The van der Waals surface area contributed by atoms with E-state index in [1.807, 2.05) is 6.92 Å². The van der Waals surface area contributed by atoms with E-state index in [0.29, 0.717) is 28.4 Å². The summed E-state index contributed by atoms with van der Waals surface area (Å²) in [6.45, 7) is 3.51. The van der Waals surface area contributed by atoms with Crippen molar-refractivity contribution >= 4 is 51.3 Å². The van der Waals surface area contributed by atoms with Crippen molar-refractivity contribution in [2.24, 2.45) is 5.73 Å². The average Bonchev–Trinajstić information content (AvgIpc) is 2.56. The molecule has 0 saturated heterocycles. The van der Waals surface area contributed by atoms with Crippen LogP contribution in [0.2, 0.25) is 5.02 Å². The van der Waals surface area contributed by atoms with Crippen LogP contribution in [0, 0.1) is 6.92 Å². The summed E-state index contributed by atoms with van der Waals surface area (Å²) in [5.41, 5.74) is 6.89. The van der Waals surface area contributed by atoms with Crippen LogP contribution in [0.5, 0.6) is 0 Å². The lowest BCUT2D eigenvalue weighted by Gasteiger charge is -2.13. The molecule has 6 nitrogen and oxygen atoms in total. The monoisotopic (exact) mass is 431 g/mol. The number of nitrogens with one attached hydrogen (secondary N) is 2. The van der Waals surface area contributed by atoms with Crippen LogP contribution in [0.3, 0.4) is 0 Å². The van der Waals surface area contributed by atoms with Crippen molar-refractivity contribution < 1.29 is 13.2 Å². The van der Waals surface area contributed by atoms with Crippen LogP contribution in [-0.4, -0.2) is 20.4 Å². The van der Waals surface area contributed by atoms with Gasteiger partial charge in [-0.25, -0.2) is 8.42 Å². The van der Waals surface area contributed by atoms with Gasteiger partial charge in [0.2, 0.25) is 5.91 Å². The fourth-order valence-corrected chi connectivity index (χ4v) is 3.88. The Morgan fingerprint density at radius 1 is 1.22 bits per heavy atom. The minimum Gasteiger partial charge on any atom is -0.328 e. The van der Waals surface area contributed by atoms with Gasteiger partial charge in [-0.3, -0.25) is 9.52 Å². The summed E-state index contributed by atoms with van der Waals surface area (Å²) in [5, 5.41) is 3.00. The number of anilines is 2. The highest BCUT2D eigenvalue weighted by Gasteiger charge is 2.19. The molecule has 9 heteroatoms. The zero-order chi connectivity index (χ0) is 19.3. The number of amides is 1. The smallest absolute Gasteiger partial charge is 0.262 e. The van der Waals surface area contributed by atoms with Gasteiger partial charge >= 0.3 is 0 Å². The van der Waals surface area contributed by atoms with E-state index in [4.69, 9.17) is 17.3 Å². The van der Waals surface area contributed by atoms with Crippen molar-refractivity contribution in [1.29, 1.82) is 0 Å². The predicted molar refractivity (Wildman–Crippen MR) is 112 cm³/mol. The molecule has 2 rings (SSSR count). The van der Waals surface area contributed by atoms with Crippen molar-refractivity contribution in [3.8, 4) is 0 Å². The molecule has 0 spiro atoms. The molecular weight excluding hydrogens is 409 g/mol. The number of hydrogen-bond donors (Lipinski definition) is 3. The Labute approximate surface area is 170 Å². The van der Waals surface area contributed by atoms with Gasteiger partial charge in [-0.05, 0) is 50.1 Å². The summed E-state index contributed by atoms with van der Waals surface area (Å²) in [4.78, 5) is 12.0. The highest BCUT2D eigenvalue weighted by molar-refractivity contribution is 7.92. The second-order valence-corrected chi connectivity index (χ2v) is 8.19. The first-order valence-electron chi connectivity index (χ1n) is 8.12. The molecule has 4 N–H and O–H groups in total. The molecule has 1 atom stereocenters. The number of para-hydroxylation sites is 1. The van der Waals surface area contributed by atoms with Gasteiger partial charge in [0.1, 0.15) is 0 Å². The number of halogens is 2. The van der Waals surface area contributed by atoms with Crippen LogP contribution in [0.15, 0.2) is 47.4 Å². The summed E-state index contributed by atoms with van der Waals surface area (Å²) < 4.78 is 27.9. The second kappa shape index (κ2) is 9.94. The average molecular weight is 432 g/mol. The quantitative estimate of drug-likeness (QED) is 0.617. The first-order valence-corrected chi connectivity index (χ1v) is 9.98. The maximum Gasteiger partial charge on any atom is 0.262 e. The predicted octanol–water partition coefficient (Wildman–Crippen LogP) is 3.94. The van der Waals surface area contributed by atoms with Gasteiger partial charge in [0.05, 0.1) is 15.6 Å². The number of sulfonamides is 1. The second-order valence-electron chi connectivity index (χ2n) is 6.13. The molecule has 1 unspecified atom stereocenters. The van der Waals surface area contributed by atoms with Crippen LogP contribution in [0.25, 0.3) is 0 Å². The molecule has 2 aromatic carbocycles. The molecule has 0 aliphatic heterocycles. The van der Waals surface area contributed by atoms with E-state index in [0.717, 1.165) is 0 Å². The molecule has 0 saturated carbocycles. The molecular formula is C18H23Cl2N3O3S. The Morgan fingerprint density at radius 3 is 2.52 bits per heavy atom. The highest BCUT2D eigenvalue weighted by atomic mass is 35.5. The molecule has 0 radical (unpaired) electrons. The van der Waals surface area contributed by atoms with Gasteiger partial charge in [-0.1, -0.05) is 29.8 Å². The fraction of sp³-hybridized carbons (Fsp3) is 0.278. The third kappa shape index (κ3) is 6.70. The number of hydrogen-bond acceptors (Lipinski definition) is 4. The Hall–Kier alpha value is -1.80. The first-order chi connectivity index (χ1) is 12.2. The van der Waals surface area contributed by atoms with Crippen LogP contribution in [0.1, 0.15) is 25.3 Å². The first kappa shape index (κ1) is 23.2. The largest absolute Gasteiger partial charge is 0.328 e. The summed E-state index contributed by atoms with van der Waals surface area (Å²) in [7, 11) is -3.86. The lowest BCUT2D eigenvalue weighted by Crippen LogP contribution is -2.20. The lowest BCUT2D eigenvalue weighted by molar-refractivity contribution is -0.116. The van der Waals surface area contributed by atoms with Crippen LogP contribution < -0.4 is 15.8 Å². The Balaban J connectivity index is 0.00000364. The van der Waals surface area contributed by atoms with Crippen molar-refractivity contribution in [3.63, 3.8) is 0 Å². The number of nitrogens with two attached hydrogens (primary N) is 1. The van der Waals surface area contributed by atoms with Crippen molar-refractivity contribution in [3.05, 3.63) is 53.1 Å². The van der Waals surface area contributed by atoms with Crippen molar-refractivity contribution in [2.45, 2.75) is 37.6 Å². The highest BCUT2D eigenvalue weighted by Crippen LogP contribution is 2.26. The Morgan fingerprint density at radius 2 is 1.89 bits per heavy atom. The third-order valence-corrected chi connectivity index (χ3v) is 5.54. The molecule has 0 heterocycles. The Bertz CT molecular complexity index is 902. The SMILES string of the molecule is Cc1ccc(NC(=O)CCC(C)N)cc1S(=O)(=O)Nc1ccccc1Cl.Cl. The molecule has 0 aliphatic rings. The topological polar surface area (TPSA) is 101 Å². The zero-order valence-corrected chi connectivity index (χ0v) is 17.4. The van der Waals surface area contributed by atoms with Gasteiger partial charge in [-0.15, -0.1) is 12.4 Å². The molecule has 0 fully saturated rings. The molecule has 2 aromatic rings. The summed E-state index contributed by atoms with van der Waals surface area (Å²) in [6.07, 6.45) is 0.822.